The maximum Gasteiger partial charge on any atom is 0.315 e. The van der Waals surface area contributed by atoms with Gasteiger partial charge in [-0.2, -0.15) is 14.0 Å². The molecule has 0 aliphatic carbocycles. The van der Waals surface area contributed by atoms with Crippen LogP contribution < -0.4 is 5.32 Å². The van der Waals surface area contributed by atoms with Gasteiger partial charge in [0.15, 0.2) is 0 Å². The molecule has 0 unspecified atom stereocenters. The highest BCUT2D eigenvalue weighted by atomic mass is 19.3. The van der Waals surface area contributed by atoms with Gasteiger partial charge in [0, 0.05) is 24.8 Å². The lowest BCUT2D eigenvalue weighted by Gasteiger charge is -2.42. The number of likely N-dealkylation sites (N-methyl/N-ethyl adjacent to an activating group) is 1. The number of aliphatic hydroxyl groups is 1. The van der Waals surface area contributed by atoms with Gasteiger partial charge in [-0.25, -0.2) is 4.39 Å². The minimum absolute atomic E-state index is 0.279. The lowest BCUT2D eigenvalue weighted by atomic mass is 9.78. The monoisotopic (exact) mass is 418 g/mol. The van der Waals surface area contributed by atoms with E-state index in [1.165, 1.54) is 12.1 Å². The number of amides is 1. The van der Waals surface area contributed by atoms with Crippen molar-refractivity contribution < 1.29 is 23.1 Å². The molecule has 158 valence electrons. The molecular formula is C21H21F3N4O2. The number of halogens is 3. The van der Waals surface area contributed by atoms with Crippen LogP contribution in [0, 0.1) is 11.3 Å². The molecule has 1 aromatic carbocycles. The zero-order chi connectivity index (χ0) is 21.9. The topological polar surface area (TPSA) is 89.3 Å². The van der Waals surface area contributed by atoms with Crippen LogP contribution in [0.5, 0.6) is 0 Å². The Morgan fingerprint density at radius 3 is 2.37 bits per heavy atom. The average molecular weight is 418 g/mol. The Morgan fingerprint density at radius 2 is 1.90 bits per heavy atom. The normalized spacial score (nSPS) is 17.6. The molecule has 2 N–H and O–H groups in total. The number of hydrogen-bond donors (Lipinski definition) is 2. The number of aliphatic hydroxyl groups excluding tert-OH is 1. The fraction of sp³-hybridized carbons (Fsp3) is 0.381. The molecule has 9 heteroatoms. The van der Waals surface area contributed by atoms with Crippen LogP contribution in [0.3, 0.4) is 0 Å². The molecule has 1 fully saturated rings. The SMILES string of the molecule is CN1CC(C#N)(c2ccc(-c3ccc([C@@H](O)[C@@H](CF)NC(=O)C(F)F)cc3)cn2)C1. The molecule has 3 rings (SSSR count). The summed E-state index contributed by atoms with van der Waals surface area (Å²) in [7, 11) is 1.94. The van der Waals surface area contributed by atoms with Gasteiger partial charge in [0.05, 0.1) is 17.8 Å². The number of hydrogen-bond acceptors (Lipinski definition) is 5. The zero-order valence-electron chi connectivity index (χ0n) is 16.2. The third kappa shape index (κ3) is 4.30. The minimum atomic E-state index is -3.29. The summed E-state index contributed by atoms with van der Waals surface area (Å²) in [6.45, 7) is 0.0587. The lowest BCUT2D eigenvalue weighted by Crippen LogP contribution is -2.56. The van der Waals surface area contributed by atoms with Crippen LogP contribution in [0.15, 0.2) is 42.6 Å². The number of likely N-dealkylation sites (tertiary alicyclic amines) is 1. The highest BCUT2D eigenvalue weighted by Gasteiger charge is 2.44. The molecule has 2 heterocycles. The molecule has 1 aromatic heterocycles. The number of carbonyl (C=O) groups excluding carboxylic acids is 1. The van der Waals surface area contributed by atoms with E-state index in [0.717, 1.165) is 11.1 Å². The number of rotatable bonds is 7. The van der Waals surface area contributed by atoms with Crippen molar-refractivity contribution in [2.45, 2.75) is 24.0 Å². The van der Waals surface area contributed by atoms with Gasteiger partial charge in [0.2, 0.25) is 0 Å². The predicted molar refractivity (Wildman–Crippen MR) is 103 cm³/mol. The number of aromatic nitrogens is 1. The summed E-state index contributed by atoms with van der Waals surface area (Å²) in [5, 5.41) is 21.5. The summed E-state index contributed by atoms with van der Waals surface area (Å²) >= 11 is 0. The van der Waals surface area contributed by atoms with Gasteiger partial charge in [0.1, 0.15) is 18.2 Å². The number of nitrogens with one attached hydrogen (secondary N) is 1. The minimum Gasteiger partial charge on any atom is -0.386 e. The van der Waals surface area contributed by atoms with Crippen molar-refractivity contribution in [3.63, 3.8) is 0 Å². The molecule has 1 amide bonds. The highest BCUT2D eigenvalue weighted by molar-refractivity contribution is 5.79. The molecule has 2 aromatic rings. The van der Waals surface area contributed by atoms with Crippen LogP contribution in [0.2, 0.25) is 0 Å². The first-order valence-corrected chi connectivity index (χ1v) is 9.29. The van der Waals surface area contributed by atoms with Crippen LogP contribution in [-0.2, 0) is 10.2 Å². The van der Waals surface area contributed by atoms with E-state index in [2.05, 4.69) is 11.1 Å². The molecule has 1 saturated heterocycles. The van der Waals surface area contributed by atoms with Crippen molar-refractivity contribution in [1.82, 2.24) is 15.2 Å². The van der Waals surface area contributed by atoms with Gasteiger partial charge >= 0.3 is 6.43 Å². The number of alkyl halides is 3. The lowest BCUT2D eigenvalue weighted by molar-refractivity contribution is -0.133. The van der Waals surface area contributed by atoms with Gasteiger partial charge in [-0.1, -0.05) is 30.3 Å². The summed E-state index contributed by atoms with van der Waals surface area (Å²) in [6, 6.07) is 10.9. The quantitative estimate of drug-likeness (QED) is 0.720. The van der Waals surface area contributed by atoms with Crippen molar-refractivity contribution in [3.05, 3.63) is 53.9 Å². The molecule has 6 nitrogen and oxygen atoms in total. The first-order chi connectivity index (χ1) is 14.3. The van der Waals surface area contributed by atoms with Gasteiger partial charge < -0.3 is 15.3 Å². The van der Waals surface area contributed by atoms with Crippen LogP contribution >= 0.6 is 0 Å². The molecular weight excluding hydrogens is 397 g/mol. The van der Waals surface area contributed by atoms with Gasteiger partial charge in [-0.05, 0) is 24.2 Å². The van der Waals surface area contributed by atoms with Crippen LogP contribution in [0.4, 0.5) is 13.2 Å². The predicted octanol–water partition coefficient (Wildman–Crippen LogP) is 2.21. The maximum atomic E-state index is 13.1. The van der Waals surface area contributed by atoms with Gasteiger partial charge in [-0.15, -0.1) is 0 Å². The Morgan fingerprint density at radius 1 is 1.27 bits per heavy atom. The fourth-order valence-electron chi connectivity index (χ4n) is 3.57. The fourth-order valence-corrected chi connectivity index (χ4v) is 3.57. The van der Waals surface area contributed by atoms with Crippen molar-refractivity contribution in [2.75, 3.05) is 26.8 Å². The van der Waals surface area contributed by atoms with E-state index in [0.29, 0.717) is 18.8 Å². The van der Waals surface area contributed by atoms with Crippen molar-refractivity contribution in [3.8, 4) is 17.2 Å². The Balaban J connectivity index is 1.72. The van der Waals surface area contributed by atoms with Gasteiger partial charge in [-0.3, -0.25) is 9.78 Å². The molecule has 30 heavy (non-hydrogen) atoms. The summed E-state index contributed by atoms with van der Waals surface area (Å²) in [5.74, 6) is -1.63. The molecule has 1 aliphatic heterocycles. The number of pyridine rings is 1. The standard InChI is InChI=1S/C21H21F3N4O2/c1-28-11-21(10-25,12-28)17-7-6-15(9-26-17)13-2-4-14(5-3-13)18(29)16(8-22)27-20(30)19(23)24/h2-7,9,16,18-19,29H,8,11-12H2,1H3,(H,27,30)/t16-,18-/m1/s1. The molecule has 1 aliphatic rings. The van der Waals surface area contributed by atoms with E-state index < -0.39 is 36.6 Å². The molecule has 0 radical (unpaired) electrons. The zero-order valence-corrected chi connectivity index (χ0v) is 16.2. The van der Waals surface area contributed by atoms with Crippen LogP contribution in [-0.4, -0.2) is 60.2 Å². The van der Waals surface area contributed by atoms with Crippen LogP contribution in [0.1, 0.15) is 17.4 Å². The van der Waals surface area contributed by atoms with Crippen molar-refractivity contribution in [1.29, 1.82) is 5.26 Å². The summed E-state index contributed by atoms with van der Waals surface area (Å²) in [5.41, 5.74) is 1.95. The molecule has 2 atom stereocenters. The van der Waals surface area contributed by atoms with E-state index in [9.17, 15) is 28.3 Å². The smallest absolute Gasteiger partial charge is 0.315 e. The number of benzene rings is 1. The summed E-state index contributed by atoms with van der Waals surface area (Å²) in [6.07, 6.45) is -3.10. The third-order valence-corrected chi connectivity index (χ3v) is 5.21. The molecule has 0 spiro atoms. The largest absolute Gasteiger partial charge is 0.386 e. The second kappa shape index (κ2) is 8.81. The summed E-state index contributed by atoms with van der Waals surface area (Å²) in [4.78, 5) is 17.6. The Kier molecular flexibility index (Phi) is 6.39. The second-order valence-corrected chi connectivity index (χ2v) is 7.44. The first kappa shape index (κ1) is 21.7. The first-order valence-electron chi connectivity index (χ1n) is 9.29. The number of nitrogens with zero attached hydrogens (tertiary/aromatic N) is 3. The van der Waals surface area contributed by atoms with E-state index in [4.69, 9.17) is 0 Å². The molecule has 0 saturated carbocycles. The van der Waals surface area contributed by atoms with E-state index in [1.54, 1.807) is 23.6 Å². The maximum absolute atomic E-state index is 13.1. The third-order valence-electron chi connectivity index (χ3n) is 5.21. The highest BCUT2D eigenvalue weighted by Crippen LogP contribution is 2.32. The summed E-state index contributed by atoms with van der Waals surface area (Å²) < 4.78 is 37.8. The Hall–Kier alpha value is -2.96. The van der Waals surface area contributed by atoms with E-state index in [-0.39, 0.29) is 5.56 Å². The second-order valence-electron chi connectivity index (χ2n) is 7.44. The molecule has 0 bridgehead atoms. The number of carbonyl (C=O) groups is 1. The average Bonchev–Trinajstić information content (AvgIpc) is 2.74. The van der Waals surface area contributed by atoms with E-state index in [1.807, 2.05) is 24.1 Å². The Bertz CT molecular complexity index is 923. The van der Waals surface area contributed by atoms with Crippen molar-refractivity contribution >= 4 is 5.91 Å². The Labute approximate surface area is 172 Å². The number of nitriles is 1. The van der Waals surface area contributed by atoms with Gasteiger partial charge in [0.25, 0.3) is 5.91 Å². The van der Waals surface area contributed by atoms with E-state index >= 15 is 0 Å². The van der Waals surface area contributed by atoms with Crippen LogP contribution in [0.25, 0.3) is 11.1 Å². The van der Waals surface area contributed by atoms with Crippen molar-refractivity contribution in [2.24, 2.45) is 0 Å².